The van der Waals surface area contributed by atoms with Crippen molar-refractivity contribution >= 4 is 17.6 Å². The summed E-state index contributed by atoms with van der Waals surface area (Å²) in [6.07, 6.45) is 0.796. The fourth-order valence-corrected chi connectivity index (χ4v) is 2.83. The highest BCUT2D eigenvalue weighted by atomic mass is 32.2. The van der Waals surface area contributed by atoms with Crippen LogP contribution in [0.15, 0.2) is 28.1 Å². The number of nitrogens with zero attached hydrogens (tertiary/aromatic N) is 2. The summed E-state index contributed by atoms with van der Waals surface area (Å²) in [5, 5.41) is 0.957. The van der Waals surface area contributed by atoms with Crippen LogP contribution in [0.3, 0.4) is 0 Å². The number of hydrogen-bond donors (Lipinski definition) is 1. The Hall–Kier alpha value is -1.55. The van der Waals surface area contributed by atoms with Crippen molar-refractivity contribution in [3.8, 4) is 0 Å². The monoisotopic (exact) mass is 273 g/mol. The van der Waals surface area contributed by atoms with Gasteiger partial charge in [-0.15, -0.1) is 0 Å². The fourth-order valence-electron chi connectivity index (χ4n) is 1.74. The highest BCUT2D eigenvalue weighted by Crippen LogP contribution is 2.33. The van der Waals surface area contributed by atoms with Gasteiger partial charge in [0, 0.05) is 16.9 Å². The molecule has 1 aromatic heterocycles. The van der Waals surface area contributed by atoms with Crippen molar-refractivity contribution in [2.75, 3.05) is 5.73 Å². The maximum absolute atomic E-state index is 5.95. The number of aromatic nitrogens is 2. The summed E-state index contributed by atoms with van der Waals surface area (Å²) < 4.78 is 0. The van der Waals surface area contributed by atoms with Crippen molar-refractivity contribution in [1.29, 1.82) is 0 Å². The zero-order chi connectivity index (χ0) is 14.0. The summed E-state index contributed by atoms with van der Waals surface area (Å²) in [7, 11) is 0. The zero-order valence-corrected chi connectivity index (χ0v) is 12.6. The van der Waals surface area contributed by atoms with E-state index in [4.69, 9.17) is 5.73 Å². The summed E-state index contributed by atoms with van der Waals surface area (Å²) in [4.78, 5) is 10.1. The number of anilines is 1. The molecule has 3 nitrogen and oxygen atoms in total. The number of benzene rings is 1. The third kappa shape index (κ3) is 3.07. The number of rotatable bonds is 3. The summed E-state index contributed by atoms with van der Waals surface area (Å²) >= 11 is 1.67. The Kier molecular flexibility index (Phi) is 4.10. The molecule has 1 aromatic carbocycles. The van der Waals surface area contributed by atoms with E-state index < -0.39 is 0 Å². The molecule has 0 amide bonds. The van der Waals surface area contributed by atoms with Crippen LogP contribution in [0.2, 0.25) is 0 Å². The third-order valence-electron chi connectivity index (χ3n) is 3.05. The van der Waals surface area contributed by atoms with Gasteiger partial charge in [0.05, 0.1) is 0 Å². The van der Waals surface area contributed by atoms with E-state index in [1.54, 1.807) is 11.8 Å². The largest absolute Gasteiger partial charge is 0.383 e. The SMILES string of the molecule is CCc1nc(N)c(C)c(Sc2cc(C)ccc2C)n1. The maximum Gasteiger partial charge on any atom is 0.131 e. The van der Waals surface area contributed by atoms with Gasteiger partial charge in [-0.1, -0.05) is 30.8 Å². The zero-order valence-electron chi connectivity index (χ0n) is 11.8. The molecule has 2 rings (SSSR count). The van der Waals surface area contributed by atoms with E-state index in [-0.39, 0.29) is 0 Å². The molecule has 0 aliphatic carbocycles. The Morgan fingerprint density at radius 3 is 2.58 bits per heavy atom. The first-order chi connectivity index (χ1) is 9.01. The van der Waals surface area contributed by atoms with Crippen molar-refractivity contribution in [2.45, 2.75) is 44.0 Å². The lowest BCUT2D eigenvalue weighted by Crippen LogP contribution is -2.03. The molecule has 100 valence electrons. The number of aryl methyl sites for hydroxylation is 3. The van der Waals surface area contributed by atoms with Crippen LogP contribution in [0.1, 0.15) is 29.4 Å². The Morgan fingerprint density at radius 2 is 1.89 bits per heavy atom. The molecule has 1 heterocycles. The average molecular weight is 273 g/mol. The van der Waals surface area contributed by atoms with E-state index in [9.17, 15) is 0 Å². The quantitative estimate of drug-likeness (QED) is 0.866. The Morgan fingerprint density at radius 1 is 1.16 bits per heavy atom. The normalized spacial score (nSPS) is 10.7. The lowest BCUT2D eigenvalue weighted by molar-refractivity contribution is 0.878. The van der Waals surface area contributed by atoms with Crippen molar-refractivity contribution in [1.82, 2.24) is 9.97 Å². The van der Waals surface area contributed by atoms with E-state index in [2.05, 4.69) is 42.0 Å². The molecule has 0 aliphatic heterocycles. The Labute approximate surface area is 118 Å². The summed E-state index contributed by atoms with van der Waals surface area (Å²) in [6, 6.07) is 6.44. The van der Waals surface area contributed by atoms with Crippen LogP contribution < -0.4 is 5.73 Å². The van der Waals surface area contributed by atoms with E-state index in [0.29, 0.717) is 5.82 Å². The van der Waals surface area contributed by atoms with Gasteiger partial charge in [0.2, 0.25) is 0 Å². The molecule has 0 atom stereocenters. The Bertz CT molecular complexity index is 609. The molecule has 0 spiro atoms. The van der Waals surface area contributed by atoms with Crippen LogP contribution >= 0.6 is 11.8 Å². The van der Waals surface area contributed by atoms with Crippen LogP contribution in [-0.2, 0) is 6.42 Å². The summed E-state index contributed by atoms with van der Waals surface area (Å²) in [6.45, 7) is 8.23. The Balaban J connectivity index is 2.42. The molecule has 0 aliphatic rings. The first-order valence-electron chi connectivity index (χ1n) is 6.39. The van der Waals surface area contributed by atoms with Gasteiger partial charge >= 0.3 is 0 Å². The minimum Gasteiger partial charge on any atom is -0.383 e. The summed E-state index contributed by atoms with van der Waals surface area (Å²) in [5.74, 6) is 1.38. The lowest BCUT2D eigenvalue weighted by atomic mass is 10.2. The minimum atomic E-state index is 0.583. The predicted molar refractivity (Wildman–Crippen MR) is 80.6 cm³/mol. The number of nitrogen functional groups attached to an aromatic ring is 1. The second-order valence-electron chi connectivity index (χ2n) is 4.68. The predicted octanol–water partition coefficient (Wildman–Crippen LogP) is 3.70. The molecule has 0 saturated carbocycles. The van der Waals surface area contributed by atoms with E-state index in [1.165, 1.54) is 16.0 Å². The lowest BCUT2D eigenvalue weighted by Gasteiger charge is -2.11. The molecular formula is C15H19N3S. The molecular weight excluding hydrogens is 254 g/mol. The molecule has 0 radical (unpaired) electrons. The van der Waals surface area contributed by atoms with E-state index in [1.807, 2.05) is 13.8 Å². The van der Waals surface area contributed by atoms with Crippen LogP contribution in [-0.4, -0.2) is 9.97 Å². The highest BCUT2D eigenvalue weighted by molar-refractivity contribution is 7.99. The van der Waals surface area contributed by atoms with Gasteiger partial charge in [-0.25, -0.2) is 9.97 Å². The second kappa shape index (κ2) is 5.61. The standard InChI is InChI=1S/C15H19N3S/c1-5-13-17-14(16)11(4)15(18-13)19-12-8-9(2)6-7-10(12)3/h6-8H,5H2,1-4H3,(H2,16,17,18). The molecule has 2 aromatic rings. The molecule has 2 N–H and O–H groups in total. The average Bonchev–Trinajstić information content (AvgIpc) is 2.38. The van der Waals surface area contributed by atoms with Crippen molar-refractivity contribution < 1.29 is 0 Å². The van der Waals surface area contributed by atoms with Gasteiger partial charge in [-0.3, -0.25) is 0 Å². The van der Waals surface area contributed by atoms with Crippen LogP contribution in [0.25, 0.3) is 0 Å². The van der Waals surface area contributed by atoms with Crippen molar-refractivity contribution in [3.63, 3.8) is 0 Å². The molecule has 0 fully saturated rings. The van der Waals surface area contributed by atoms with Gasteiger partial charge in [0.15, 0.2) is 0 Å². The molecule has 19 heavy (non-hydrogen) atoms. The van der Waals surface area contributed by atoms with Crippen molar-refractivity contribution in [3.05, 3.63) is 40.7 Å². The summed E-state index contributed by atoms with van der Waals surface area (Å²) in [5.41, 5.74) is 9.42. The van der Waals surface area contributed by atoms with E-state index >= 15 is 0 Å². The van der Waals surface area contributed by atoms with Gasteiger partial charge < -0.3 is 5.73 Å². The third-order valence-corrected chi connectivity index (χ3v) is 4.30. The second-order valence-corrected chi connectivity index (χ2v) is 5.71. The first-order valence-corrected chi connectivity index (χ1v) is 7.21. The molecule has 0 bridgehead atoms. The maximum atomic E-state index is 5.95. The number of hydrogen-bond acceptors (Lipinski definition) is 4. The first kappa shape index (κ1) is 13.9. The smallest absolute Gasteiger partial charge is 0.131 e. The fraction of sp³-hybridized carbons (Fsp3) is 0.333. The number of nitrogens with two attached hydrogens (primary N) is 1. The topological polar surface area (TPSA) is 51.8 Å². The molecule has 0 unspecified atom stereocenters. The molecule has 0 saturated heterocycles. The van der Waals surface area contributed by atoms with Crippen LogP contribution in [0.4, 0.5) is 5.82 Å². The van der Waals surface area contributed by atoms with Gasteiger partial charge in [0.25, 0.3) is 0 Å². The van der Waals surface area contributed by atoms with Gasteiger partial charge in [-0.2, -0.15) is 0 Å². The highest BCUT2D eigenvalue weighted by Gasteiger charge is 2.11. The minimum absolute atomic E-state index is 0.583. The van der Waals surface area contributed by atoms with Crippen LogP contribution in [0, 0.1) is 20.8 Å². The van der Waals surface area contributed by atoms with Gasteiger partial charge in [0.1, 0.15) is 16.7 Å². The molecule has 4 heteroatoms. The van der Waals surface area contributed by atoms with Gasteiger partial charge in [-0.05, 0) is 38.0 Å². The van der Waals surface area contributed by atoms with Crippen molar-refractivity contribution in [2.24, 2.45) is 0 Å². The van der Waals surface area contributed by atoms with Crippen LogP contribution in [0.5, 0.6) is 0 Å². The van der Waals surface area contributed by atoms with E-state index in [0.717, 1.165) is 22.8 Å².